The summed E-state index contributed by atoms with van der Waals surface area (Å²) < 4.78 is 22.5. The number of carbonyl (C=O) groups is 2. The Morgan fingerprint density at radius 1 is 1.08 bits per heavy atom. The second kappa shape index (κ2) is 7.16. The van der Waals surface area contributed by atoms with E-state index in [-0.39, 0.29) is 23.1 Å². The third-order valence-electron chi connectivity index (χ3n) is 4.16. The van der Waals surface area contributed by atoms with Gasteiger partial charge < -0.3 is 5.32 Å². The van der Waals surface area contributed by atoms with E-state index in [9.17, 15) is 18.0 Å². The van der Waals surface area contributed by atoms with Crippen molar-refractivity contribution in [2.24, 2.45) is 5.14 Å². The molecule has 0 bridgehead atoms. The number of nitrogens with zero attached hydrogens (tertiary/aromatic N) is 1. The van der Waals surface area contributed by atoms with Crippen molar-refractivity contribution in [3.05, 3.63) is 59.1 Å². The number of nitrogens with two attached hydrogens (primary N) is 2. The fourth-order valence-electron chi connectivity index (χ4n) is 2.79. The van der Waals surface area contributed by atoms with Crippen LogP contribution in [0.25, 0.3) is 0 Å². The molecule has 1 fully saturated rings. The first-order valence-corrected chi connectivity index (χ1v) is 9.75. The predicted octanol–water partition coefficient (Wildman–Crippen LogP) is 0.383. The van der Waals surface area contributed by atoms with E-state index in [0.717, 1.165) is 5.56 Å². The van der Waals surface area contributed by atoms with Gasteiger partial charge in [0.15, 0.2) is 6.04 Å². The largest absolute Gasteiger partial charge is 0.332 e. The maximum Gasteiger partial charge on any atom is 0.292 e. The van der Waals surface area contributed by atoms with Gasteiger partial charge in [0.1, 0.15) is 6.54 Å². The van der Waals surface area contributed by atoms with Crippen molar-refractivity contribution in [3.63, 3.8) is 0 Å². The molecule has 2 amide bonds. The van der Waals surface area contributed by atoms with Crippen molar-refractivity contribution < 1.29 is 23.3 Å². The quantitative estimate of drug-likeness (QED) is 0.713. The number of anilines is 1. The number of carbonyl (C=O) groups excluding carboxylic acids is 2. The average Bonchev–Trinajstić information content (AvgIpc) is 2.87. The molecule has 1 heterocycles. The van der Waals surface area contributed by atoms with Gasteiger partial charge in [0.2, 0.25) is 15.9 Å². The van der Waals surface area contributed by atoms with Crippen LogP contribution in [0.3, 0.4) is 0 Å². The summed E-state index contributed by atoms with van der Waals surface area (Å²) in [5.41, 5.74) is 1.32. The van der Waals surface area contributed by atoms with Crippen LogP contribution in [0.15, 0.2) is 53.4 Å². The summed E-state index contributed by atoms with van der Waals surface area (Å²) in [5.74, 6) is -0.540. The molecule has 2 aromatic carbocycles. The van der Waals surface area contributed by atoms with Gasteiger partial charge in [0.05, 0.1) is 17.0 Å². The van der Waals surface area contributed by atoms with E-state index in [2.05, 4.69) is 0 Å². The number of halogens is 1. The number of hydrogen-bond donors (Lipinski definition) is 2. The Bertz CT molecular complexity index is 943. The van der Waals surface area contributed by atoms with E-state index in [1.165, 1.54) is 17.0 Å². The summed E-state index contributed by atoms with van der Waals surface area (Å²) in [6.07, 6.45) is 0.108. The molecule has 1 atom stereocenters. The van der Waals surface area contributed by atoms with Crippen LogP contribution in [0.1, 0.15) is 12.0 Å². The highest BCUT2D eigenvalue weighted by atomic mass is 35.5. The average molecular weight is 395 g/mol. The summed E-state index contributed by atoms with van der Waals surface area (Å²) in [6, 6.07) is 12.1. The highest BCUT2D eigenvalue weighted by Gasteiger charge is 2.42. The van der Waals surface area contributed by atoms with Crippen molar-refractivity contribution >= 4 is 39.1 Å². The summed E-state index contributed by atoms with van der Waals surface area (Å²) in [6.45, 7) is 0.434. The molecule has 7 nitrogen and oxygen atoms in total. The number of primary sulfonamides is 1. The molecule has 0 aliphatic carbocycles. The molecular weight excluding hydrogens is 378 g/mol. The molecule has 4 N–H and O–H groups in total. The minimum Gasteiger partial charge on any atom is -0.332 e. The maximum absolute atomic E-state index is 12.6. The van der Waals surface area contributed by atoms with Crippen LogP contribution in [0.4, 0.5) is 5.69 Å². The van der Waals surface area contributed by atoms with Crippen LogP contribution in [0.5, 0.6) is 0 Å². The lowest BCUT2D eigenvalue weighted by molar-refractivity contribution is -0.690. The summed E-state index contributed by atoms with van der Waals surface area (Å²) in [5, 5.41) is 7.35. The lowest BCUT2D eigenvalue weighted by atomic mass is 10.2. The summed E-state index contributed by atoms with van der Waals surface area (Å²) >= 11 is 5.84. The van der Waals surface area contributed by atoms with Crippen LogP contribution in [0.2, 0.25) is 5.02 Å². The molecule has 1 saturated heterocycles. The van der Waals surface area contributed by atoms with Crippen LogP contribution < -0.4 is 15.4 Å². The van der Waals surface area contributed by atoms with E-state index in [4.69, 9.17) is 16.7 Å². The first-order valence-electron chi connectivity index (χ1n) is 7.83. The lowest BCUT2D eigenvalue weighted by Crippen LogP contribution is -2.90. The standard InChI is InChI=1S/C17H16ClN3O4S/c18-12-3-5-13(6-4-12)21-16(22)9-15(17(21)23)20-10-11-1-7-14(8-2-11)26(19,24)25/h1-8,15,20H,9-10H2,(H2,19,24,25)/p+1/t15-/m1/s1. The van der Waals surface area contributed by atoms with E-state index >= 15 is 0 Å². The lowest BCUT2D eigenvalue weighted by Gasteiger charge is -2.14. The van der Waals surface area contributed by atoms with Crippen molar-refractivity contribution in [2.45, 2.75) is 23.9 Å². The molecule has 0 unspecified atom stereocenters. The van der Waals surface area contributed by atoms with Gasteiger partial charge in [-0.3, -0.25) is 9.59 Å². The monoisotopic (exact) mass is 394 g/mol. The van der Waals surface area contributed by atoms with Gasteiger partial charge in [-0.1, -0.05) is 23.7 Å². The van der Waals surface area contributed by atoms with E-state index in [0.29, 0.717) is 17.3 Å². The van der Waals surface area contributed by atoms with E-state index < -0.39 is 16.1 Å². The molecule has 1 aliphatic rings. The second-order valence-corrected chi connectivity index (χ2v) is 7.98. The topological polar surface area (TPSA) is 114 Å². The second-order valence-electron chi connectivity index (χ2n) is 5.98. The highest BCUT2D eigenvalue weighted by molar-refractivity contribution is 7.89. The number of quaternary nitrogens is 1. The molecule has 0 aromatic heterocycles. The maximum atomic E-state index is 12.6. The molecule has 26 heavy (non-hydrogen) atoms. The molecule has 1 aliphatic heterocycles. The van der Waals surface area contributed by atoms with Gasteiger partial charge in [-0.15, -0.1) is 0 Å². The van der Waals surface area contributed by atoms with Crippen LogP contribution >= 0.6 is 11.6 Å². The number of imide groups is 1. The predicted molar refractivity (Wildman–Crippen MR) is 95.8 cm³/mol. The fraction of sp³-hybridized carbons (Fsp3) is 0.176. The van der Waals surface area contributed by atoms with Crippen LogP contribution in [-0.2, 0) is 26.2 Å². The zero-order chi connectivity index (χ0) is 18.9. The zero-order valence-electron chi connectivity index (χ0n) is 13.6. The molecule has 0 radical (unpaired) electrons. The van der Waals surface area contributed by atoms with Crippen molar-refractivity contribution in [1.29, 1.82) is 0 Å². The normalized spacial score (nSPS) is 17.8. The summed E-state index contributed by atoms with van der Waals surface area (Å²) in [4.78, 5) is 26.0. The van der Waals surface area contributed by atoms with Gasteiger partial charge in [0.25, 0.3) is 5.91 Å². The third kappa shape index (κ3) is 3.94. The van der Waals surface area contributed by atoms with Crippen LogP contribution in [0, 0.1) is 0 Å². The zero-order valence-corrected chi connectivity index (χ0v) is 15.2. The molecule has 2 aromatic rings. The minimum absolute atomic E-state index is 0.0299. The van der Waals surface area contributed by atoms with Crippen LogP contribution in [-0.4, -0.2) is 26.3 Å². The number of sulfonamides is 1. The third-order valence-corrected chi connectivity index (χ3v) is 5.34. The van der Waals surface area contributed by atoms with Gasteiger partial charge in [-0.2, -0.15) is 0 Å². The Morgan fingerprint density at radius 2 is 1.69 bits per heavy atom. The number of amides is 2. The molecule has 9 heteroatoms. The SMILES string of the molecule is NS(=O)(=O)c1ccc(C[NH2+][C@@H]2CC(=O)N(c3ccc(Cl)cc3)C2=O)cc1. The van der Waals surface area contributed by atoms with Gasteiger partial charge in [0, 0.05) is 10.6 Å². The van der Waals surface area contributed by atoms with Gasteiger partial charge >= 0.3 is 0 Å². The number of rotatable bonds is 5. The Morgan fingerprint density at radius 3 is 2.27 bits per heavy atom. The Labute approximate surface area is 155 Å². The Balaban J connectivity index is 1.67. The Hall–Kier alpha value is -2.26. The first kappa shape index (κ1) is 18.5. The number of benzene rings is 2. The van der Waals surface area contributed by atoms with E-state index in [1.807, 2.05) is 0 Å². The molecule has 3 rings (SSSR count). The van der Waals surface area contributed by atoms with Crippen molar-refractivity contribution in [1.82, 2.24) is 0 Å². The number of hydrogen-bond acceptors (Lipinski definition) is 4. The van der Waals surface area contributed by atoms with Gasteiger partial charge in [-0.25, -0.2) is 18.5 Å². The van der Waals surface area contributed by atoms with Crippen molar-refractivity contribution in [2.75, 3.05) is 4.90 Å². The smallest absolute Gasteiger partial charge is 0.292 e. The van der Waals surface area contributed by atoms with Gasteiger partial charge in [-0.05, 0) is 36.4 Å². The Kier molecular flexibility index (Phi) is 5.10. The van der Waals surface area contributed by atoms with E-state index in [1.54, 1.807) is 41.7 Å². The first-order chi connectivity index (χ1) is 12.3. The summed E-state index contributed by atoms with van der Waals surface area (Å²) in [7, 11) is -3.73. The molecule has 0 spiro atoms. The molecular formula is C17H17ClN3O4S+. The highest BCUT2D eigenvalue weighted by Crippen LogP contribution is 2.23. The molecule has 136 valence electrons. The fourth-order valence-corrected chi connectivity index (χ4v) is 3.44. The van der Waals surface area contributed by atoms with Crippen molar-refractivity contribution in [3.8, 4) is 0 Å². The molecule has 0 saturated carbocycles. The minimum atomic E-state index is -3.73.